The lowest BCUT2D eigenvalue weighted by molar-refractivity contribution is -0.138. The minimum atomic E-state index is -1.13. The number of benzene rings is 2. The molecular weight excluding hydrogens is 741 g/mol. The highest BCUT2D eigenvalue weighted by Crippen LogP contribution is 2.35. The summed E-state index contributed by atoms with van der Waals surface area (Å²) in [6, 6.07) is 14.3. The van der Waals surface area contributed by atoms with E-state index in [9.17, 15) is 24.3 Å². The predicted octanol–water partition coefficient (Wildman–Crippen LogP) is 5.80. The Morgan fingerprint density at radius 1 is 0.828 bits per heavy atom. The monoisotopic (exact) mass is 790 g/mol. The van der Waals surface area contributed by atoms with E-state index in [1.807, 2.05) is 49.7 Å². The number of aromatic nitrogens is 6. The van der Waals surface area contributed by atoms with E-state index < -0.39 is 24.3 Å². The molecule has 0 radical (unpaired) electrons. The summed E-state index contributed by atoms with van der Waals surface area (Å²) in [7, 11) is 4.57. The van der Waals surface area contributed by atoms with Crippen molar-refractivity contribution >= 4 is 24.0 Å². The average Bonchev–Trinajstić information content (AvgIpc) is 4.08. The van der Waals surface area contributed by atoms with Crippen molar-refractivity contribution < 1.29 is 29.0 Å². The zero-order valence-corrected chi connectivity index (χ0v) is 33.4. The highest BCUT2D eigenvalue weighted by atomic mass is 16.5. The van der Waals surface area contributed by atoms with Gasteiger partial charge in [0.2, 0.25) is 11.8 Å². The second-order valence-electron chi connectivity index (χ2n) is 15.4. The number of likely N-dealkylation sites (tertiary alicyclic amines) is 2. The summed E-state index contributed by atoms with van der Waals surface area (Å²) in [6.07, 6.45) is 8.50. The largest absolute Gasteiger partial charge is 0.465 e. The summed E-state index contributed by atoms with van der Waals surface area (Å²) in [5.41, 5.74) is 6.46. The molecule has 0 spiro atoms. The number of methoxy groups -OCH3 is 1. The molecule has 2 fully saturated rings. The molecule has 0 aliphatic carbocycles. The summed E-state index contributed by atoms with van der Waals surface area (Å²) in [4.78, 5) is 76.5. The topological polar surface area (TPSA) is 195 Å². The van der Waals surface area contributed by atoms with Gasteiger partial charge in [-0.3, -0.25) is 14.5 Å². The minimum Gasteiger partial charge on any atom is -0.465 e. The summed E-state index contributed by atoms with van der Waals surface area (Å²) < 4.78 is 6.65. The maximum Gasteiger partial charge on any atom is 0.407 e. The number of carboxylic acid groups (broad SMARTS) is 1. The quantitative estimate of drug-likeness (QED) is 0.121. The van der Waals surface area contributed by atoms with Crippen LogP contribution in [0.5, 0.6) is 0 Å². The van der Waals surface area contributed by atoms with Crippen LogP contribution in [0.15, 0.2) is 73.4 Å². The van der Waals surface area contributed by atoms with Crippen LogP contribution in [0, 0.1) is 5.92 Å². The number of hydrogen-bond acceptors (Lipinski definition) is 8. The molecule has 1 unspecified atom stereocenters. The van der Waals surface area contributed by atoms with Crippen molar-refractivity contribution in [3.63, 3.8) is 0 Å². The molecule has 3 aromatic heterocycles. The Balaban J connectivity index is 1.01. The van der Waals surface area contributed by atoms with Crippen molar-refractivity contribution in [2.45, 2.75) is 70.1 Å². The number of amides is 4. The molecule has 2 saturated heterocycles. The number of aromatic amines is 2. The minimum absolute atomic E-state index is 0.176. The summed E-state index contributed by atoms with van der Waals surface area (Å²) >= 11 is 0. The van der Waals surface area contributed by atoms with Gasteiger partial charge in [0.15, 0.2) is 0 Å². The summed E-state index contributed by atoms with van der Waals surface area (Å²) in [5, 5.41) is 12.3. The number of likely N-dealkylation sites (N-methyl/N-ethyl adjacent to an activating group) is 1. The second-order valence-corrected chi connectivity index (χ2v) is 15.4. The van der Waals surface area contributed by atoms with Crippen LogP contribution in [0.4, 0.5) is 9.59 Å². The Kier molecular flexibility index (Phi) is 11.6. The van der Waals surface area contributed by atoms with E-state index in [1.54, 1.807) is 34.7 Å². The van der Waals surface area contributed by atoms with E-state index in [1.165, 1.54) is 14.2 Å². The first-order valence-corrected chi connectivity index (χ1v) is 19.6. The number of carbonyl (C=O) groups excluding carboxylic acids is 3. The van der Waals surface area contributed by atoms with E-state index in [-0.39, 0.29) is 36.2 Å². The van der Waals surface area contributed by atoms with Crippen molar-refractivity contribution in [2.75, 3.05) is 27.2 Å². The number of aryl methyl sites for hydroxylation is 1. The third-order valence-corrected chi connectivity index (χ3v) is 11.3. The SMILES string of the molecule is COC(=O)N[C@@H](Cc1cncn1C)C(=O)N1CCCC1c1ncc(-c2ccc(-c3ccc(-c4cnc([C@@H]5CCCN5C(=O)[C@H](C(C)C)N(C)C(=O)O)[nH]4)cc3)cc2)[nH]1. The fourth-order valence-corrected chi connectivity index (χ4v) is 8.20. The molecule has 16 nitrogen and oxygen atoms in total. The van der Waals surface area contributed by atoms with Crippen LogP contribution in [0.2, 0.25) is 0 Å². The molecule has 4 amide bonds. The van der Waals surface area contributed by atoms with Crippen LogP contribution in [-0.4, -0.2) is 113 Å². The smallest absolute Gasteiger partial charge is 0.407 e. The van der Waals surface area contributed by atoms with Crippen LogP contribution in [0.3, 0.4) is 0 Å². The average molecular weight is 791 g/mol. The van der Waals surface area contributed by atoms with Gasteiger partial charge < -0.3 is 39.5 Å². The van der Waals surface area contributed by atoms with Crippen LogP contribution in [-0.2, 0) is 27.8 Å². The molecule has 0 saturated carbocycles. The summed E-state index contributed by atoms with van der Waals surface area (Å²) in [5.74, 6) is 0.802. The van der Waals surface area contributed by atoms with Gasteiger partial charge in [-0.1, -0.05) is 62.4 Å². The number of ether oxygens (including phenoxy) is 1. The number of H-pyrrole nitrogens is 2. The van der Waals surface area contributed by atoms with E-state index in [0.717, 1.165) is 69.9 Å². The first kappa shape index (κ1) is 39.8. The second kappa shape index (κ2) is 17.0. The number of rotatable bonds is 12. The van der Waals surface area contributed by atoms with Crippen molar-refractivity contribution in [1.29, 1.82) is 0 Å². The standard InChI is InChI=1S/C42H50N10O6/c1-25(2)36(50(4)42(56)57)40(54)52-19-7-9-35(52)38-45-23-33(47-38)29-16-12-27(13-17-29)26-10-14-28(15-11-26)32-22-44-37(46-32)34-8-6-18-51(34)39(53)31(48-41(55)58-5)20-30-21-43-24-49(30)3/h10-17,21-25,31,34-36H,6-9,18-20H2,1-5H3,(H,44,46)(H,45,47)(H,48,55)(H,56,57)/t31-,34?,35-,36-/m0/s1. The lowest BCUT2D eigenvalue weighted by Crippen LogP contribution is -2.51. The van der Waals surface area contributed by atoms with Gasteiger partial charge in [0.1, 0.15) is 23.7 Å². The first-order valence-electron chi connectivity index (χ1n) is 19.6. The number of alkyl carbamates (subject to hydrolysis) is 1. The van der Waals surface area contributed by atoms with E-state index >= 15 is 0 Å². The van der Waals surface area contributed by atoms with Crippen molar-refractivity contribution in [2.24, 2.45) is 13.0 Å². The van der Waals surface area contributed by atoms with Gasteiger partial charge in [-0.05, 0) is 53.9 Å². The molecule has 5 aromatic rings. The van der Waals surface area contributed by atoms with Crippen LogP contribution in [0.25, 0.3) is 33.6 Å². The Bertz CT molecular complexity index is 2240. The summed E-state index contributed by atoms with van der Waals surface area (Å²) in [6.45, 7) is 4.82. The predicted molar refractivity (Wildman–Crippen MR) is 215 cm³/mol. The van der Waals surface area contributed by atoms with Crippen LogP contribution in [0.1, 0.15) is 69.0 Å². The van der Waals surface area contributed by atoms with Gasteiger partial charge in [0.05, 0.1) is 49.3 Å². The number of carbonyl (C=O) groups is 4. The Morgan fingerprint density at radius 3 is 1.78 bits per heavy atom. The molecule has 2 aliphatic heterocycles. The number of nitrogens with zero attached hydrogens (tertiary/aromatic N) is 7. The van der Waals surface area contributed by atoms with Crippen LogP contribution < -0.4 is 5.32 Å². The molecular formula is C42H50N10O6. The molecule has 7 rings (SSSR count). The maximum absolute atomic E-state index is 13.9. The van der Waals surface area contributed by atoms with E-state index in [4.69, 9.17) is 9.72 Å². The van der Waals surface area contributed by atoms with E-state index in [2.05, 4.69) is 49.5 Å². The third-order valence-electron chi connectivity index (χ3n) is 11.3. The van der Waals surface area contributed by atoms with Crippen LogP contribution >= 0.6 is 0 Å². The zero-order valence-electron chi connectivity index (χ0n) is 33.4. The molecule has 2 aromatic carbocycles. The lowest BCUT2D eigenvalue weighted by Gasteiger charge is -2.33. The van der Waals surface area contributed by atoms with Gasteiger partial charge in [-0.2, -0.15) is 0 Å². The normalized spacial score (nSPS) is 17.7. The molecule has 58 heavy (non-hydrogen) atoms. The van der Waals surface area contributed by atoms with Crippen molar-refractivity contribution in [3.05, 3.63) is 90.8 Å². The fraction of sp³-hybridized carbons (Fsp3) is 0.405. The first-order chi connectivity index (χ1) is 27.9. The van der Waals surface area contributed by atoms with Gasteiger partial charge in [-0.25, -0.2) is 24.5 Å². The van der Waals surface area contributed by atoms with Gasteiger partial charge in [0.25, 0.3) is 0 Å². The molecule has 0 bridgehead atoms. The lowest BCUT2D eigenvalue weighted by atomic mass is 10.0. The molecule has 2 aliphatic rings. The number of imidazole rings is 3. The van der Waals surface area contributed by atoms with Gasteiger partial charge in [-0.15, -0.1) is 0 Å². The van der Waals surface area contributed by atoms with Crippen molar-refractivity contribution in [3.8, 4) is 33.6 Å². The third kappa shape index (κ3) is 8.17. The van der Waals surface area contributed by atoms with E-state index in [0.29, 0.717) is 24.7 Å². The van der Waals surface area contributed by atoms with Gasteiger partial charge in [0, 0.05) is 45.5 Å². The Hall–Kier alpha value is -6.45. The molecule has 5 heterocycles. The van der Waals surface area contributed by atoms with Gasteiger partial charge >= 0.3 is 12.2 Å². The molecule has 4 atom stereocenters. The number of hydrogen-bond donors (Lipinski definition) is 4. The molecule has 304 valence electrons. The highest BCUT2D eigenvalue weighted by Gasteiger charge is 2.40. The Morgan fingerprint density at radius 2 is 1.33 bits per heavy atom. The van der Waals surface area contributed by atoms with Crippen molar-refractivity contribution in [1.82, 2.24) is 49.5 Å². The zero-order chi connectivity index (χ0) is 41.1. The highest BCUT2D eigenvalue weighted by molar-refractivity contribution is 5.87. The Labute approximate surface area is 336 Å². The fourth-order valence-electron chi connectivity index (χ4n) is 8.20. The maximum atomic E-state index is 13.9. The molecule has 16 heteroatoms. The number of nitrogens with one attached hydrogen (secondary N) is 3. The molecule has 4 N–H and O–H groups in total.